The molecule has 0 atom stereocenters. The molecule has 90 valence electrons. The number of halogens is 3. The summed E-state index contributed by atoms with van der Waals surface area (Å²) < 4.78 is 3.05. The number of imidazole rings is 1. The third-order valence-corrected chi connectivity index (χ3v) is 3.93. The van der Waals surface area contributed by atoms with Crippen molar-refractivity contribution in [3.63, 3.8) is 0 Å². The van der Waals surface area contributed by atoms with Gasteiger partial charge in [-0.1, -0.05) is 15.9 Å². The van der Waals surface area contributed by atoms with Crippen molar-refractivity contribution in [1.29, 1.82) is 0 Å². The number of anilines is 1. The van der Waals surface area contributed by atoms with Crippen molar-refractivity contribution < 1.29 is 0 Å². The van der Waals surface area contributed by atoms with Crippen LogP contribution < -0.4 is 5.32 Å². The first kappa shape index (κ1) is 13.1. The van der Waals surface area contributed by atoms with Crippen LogP contribution in [0.3, 0.4) is 0 Å². The molecular formula is C11H10Br3N3. The first-order valence-electron chi connectivity index (χ1n) is 4.95. The molecule has 2 rings (SSSR count). The van der Waals surface area contributed by atoms with E-state index >= 15 is 0 Å². The fraction of sp³-hybridized carbons (Fsp3) is 0.182. The molecular weight excluding hydrogens is 414 g/mol. The molecule has 0 radical (unpaired) electrons. The van der Waals surface area contributed by atoms with Gasteiger partial charge in [-0.2, -0.15) is 0 Å². The topological polar surface area (TPSA) is 40.7 Å². The number of rotatable bonds is 3. The van der Waals surface area contributed by atoms with Crippen molar-refractivity contribution in [2.45, 2.75) is 13.5 Å². The Labute approximate surface area is 125 Å². The normalized spacial score (nSPS) is 10.6. The second-order valence-electron chi connectivity index (χ2n) is 3.59. The van der Waals surface area contributed by atoms with E-state index < -0.39 is 0 Å². The molecule has 17 heavy (non-hydrogen) atoms. The standard InChI is InChI=1S/C11H10Br3N3/c1-6-15-4-8(17-6)5-16-11-9(13)2-7(12)3-10(11)14/h2-4,16H,5H2,1H3,(H,15,17). The quantitative estimate of drug-likeness (QED) is 0.756. The molecule has 1 aromatic carbocycles. The second-order valence-corrected chi connectivity index (χ2v) is 6.22. The third-order valence-electron chi connectivity index (χ3n) is 2.22. The molecule has 0 aliphatic heterocycles. The first-order valence-corrected chi connectivity index (χ1v) is 7.33. The van der Waals surface area contributed by atoms with Crippen LogP contribution >= 0.6 is 47.8 Å². The minimum Gasteiger partial charge on any atom is -0.378 e. The van der Waals surface area contributed by atoms with Crippen molar-refractivity contribution in [2.24, 2.45) is 0 Å². The molecule has 1 heterocycles. The van der Waals surface area contributed by atoms with E-state index in [4.69, 9.17) is 0 Å². The smallest absolute Gasteiger partial charge is 0.103 e. The van der Waals surface area contributed by atoms with Crippen LogP contribution in [0.25, 0.3) is 0 Å². The van der Waals surface area contributed by atoms with E-state index in [-0.39, 0.29) is 0 Å². The van der Waals surface area contributed by atoms with Crippen LogP contribution in [0.4, 0.5) is 5.69 Å². The van der Waals surface area contributed by atoms with Crippen LogP contribution in [-0.4, -0.2) is 9.97 Å². The Morgan fingerprint density at radius 1 is 1.24 bits per heavy atom. The van der Waals surface area contributed by atoms with Crippen molar-refractivity contribution in [2.75, 3.05) is 5.32 Å². The monoisotopic (exact) mass is 421 g/mol. The van der Waals surface area contributed by atoms with E-state index in [0.29, 0.717) is 6.54 Å². The number of H-pyrrole nitrogens is 1. The minimum atomic E-state index is 0.708. The summed E-state index contributed by atoms with van der Waals surface area (Å²) >= 11 is 10.5. The fourth-order valence-electron chi connectivity index (χ4n) is 1.46. The maximum atomic E-state index is 4.16. The second kappa shape index (κ2) is 5.54. The maximum absolute atomic E-state index is 4.16. The highest BCUT2D eigenvalue weighted by molar-refractivity contribution is 9.11. The molecule has 3 nitrogen and oxygen atoms in total. The van der Waals surface area contributed by atoms with Gasteiger partial charge in [-0.15, -0.1) is 0 Å². The highest BCUT2D eigenvalue weighted by Gasteiger charge is 2.07. The minimum absolute atomic E-state index is 0.708. The van der Waals surface area contributed by atoms with Gasteiger partial charge >= 0.3 is 0 Å². The van der Waals surface area contributed by atoms with Crippen molar-refractivity contribution in [3.05, 3.63) is 43.3 Å². The summed E-state index contributed by atoms with van der Waals surface area (Å²) in [6, 6.07) is 4.01. The van der Waals surface area contributed by atoms with E-state index in [0.717, 1.165) is 30.6 Å². The van der Waals surface area contributed by atoms with Crippen molar-refractivity contribution in [3.8, 4) is 0 Å². The predicted molar refractivity (Wildman–Crippen MR) is 80.2 cm³/mol. The molecule has 2 aromatic rings. The molecule has 0 unspecified atom stereocenters. The summed E-state index contributed by atoms with van der Waals surface area (Å²) in [4.78, 5) is 7.34. The van der Waals surface area contributed by atoms with Crippen molar-refractivity contribution >= 4 is 53.5 Å². The molecule has 1 aromatic heterocycles. The number of hydrogen-bond acceptors (Lipinski definition) is 2. The van der Waals surface area contributed by atoms with E-state index in [2.05, 4.69) is 63.1 Å². The lowest BCUT2D eigenvalue weighted by atomic mass is 10.3. The van der Waals surface area contributed by atoms with Crippen LogP contribution in [0.15, 0.2) is 31.7 Å². The Hall–Kier alpha value is -0.330. The zero-order valence-electron chi connectivity index (χ0n) is 9.02. The summed E-state index contributed by atoms with van der Waals surface area (Å²) in [6.07, 6.45) is 1.84. The van der Waals surface area contributed by atoms with Gasteiger partial charge in [0.05, 0.1) is 24.1 Å². The summed E-state index contributed by atoms with van der Waals surface area (Å²) in [6.45, 7) is 2.65. The average Bonchev–Trinajstić information content (AvgIpc) is 2.62. The predicted octanol–water partition coefficient (Wildman–Crippen LogP) is 4.62. The van der Waals surface area contributed by atoms with Gasteiger partial charge in [-0.3, -0.25) is 0 Å². The van der Waals surface area contributed by atoms with Crippen LogP contribution in [-0.2, 0) is 6.54 Å². The largest absolute Gasteiger partial charge is 0.378 e. The van der Waals surface area contributed by atoms with E-state index in [1.807, 2.05) is 25.3 Å². The van der Waals surface area contributed by atoms with E-state index in [1.165, 1.54) is 0 Å². The van der Waals surface area contributed by atoms with Crippen LogP contribution in [0.1, 0.15) is 11.5 Å². The molecule has 0 fully saturated rings. The first-order chi connectivity index (χ1) is 8.06. The summed E-state index contributed by atoms with van der Waals surface area (Å²) in [7, 11) is 0. The number of aromatic amines is 1. The number of benzene rings is 1. The van der Waals surface area contributed by atoms with Gasteiger partial charge in [0.15, 0.2) is 0 Å². The molecule has 0 spiro atoms. The number of nitrogens with one attached hydrogen (secondary N) is 2. The number of aromatic nitrogens is 2. The average molecular weight is 424 g/mol. The Morgan fingerprint density at radius 3 is 2.41 bits per heavy atom. The molecule has 0 saturated heterocycles. The lowest BCUT2D eigenvalue weighted by molar-refractivity contribution is 1.04. The number of aryl methyl sites for hydroxylation is 1. The molecule has 0 aliphatic rings. The SMILES string of the molecule is Cc1ncc(CNc2c(Br)cc(Br)cc2Br)[nH]1. The number of hydrogen-bond donors (Lipinski definition) is 2. The van der Waals surface area contributed by atoms with Crippen LogP contribution in [0.2, 0.25) is 0 Å². The van der Waals surface area contributed by atoms with Crippen LogP contribution in [0, 0.1) is 6.92 Å². The Morgan fingerprint density at radius 2 is 1.88 bits per heavy atom. The Bertz CT molecular complexity index is 514. The molecule has 0 bridgehead atoms. The molecule has 2 N–H and O–H groups in total. The molecule has 0 amide bonds. The lowest BCUT2D eigenvalue weighted by Crippen LogP contribution is -2.01. The van der Waals surface area contributed by atoms with Crippen molar-refractivity contribution in [1.82, 2.24) is 9.97 Å². The Balaban J connectivity index is 2.14. The zero-order valence-corrected chi connectivity index (χ0v) is 13.8. The van der Waals surface area contributed by atoms with E-state index in [1.54, 1.807) is 0 Å². The Kier molecular flexibility index (Phi) is 4.27. The van der Waals surface area contributed by atoms with Gasteiger partial charge in [0.1, 0.15) is 5.82 Å². The third kappa shape index (κ3) is 3.33. The van der Waals surface area contributed by atoms with E-state index in [9.17, 15) is 0 Å². The van der Waals surface area contributed by atoms with Gasteiger partial charge in [0.2, 0.25) is 0 Å². The van der Waals surface area contributed by atoms with Crippen LogP contribution in [0.5, 0.6) is 0 Å². The van der Waals surface area contributed by atoms with Gasteiger partial charge in [-0.25, -0.2) is 4.98 Å². The zero-order chi connectivity index (χ0) is 12.4. The van der Waals surface area contributed by atoms with Gasteiger partial charge in [-0.05, 0) is 50.9 Å². The maximum Gasteiger partial charge on any atom is 0.103 e. The molecule has 0 aliphatic carbocycles. The highest BCUT2D eigenvalue weighted by Crippen LogP contribution is 2.34. The fourth-order valence-corrected chi connectivity index (χ4v) is 4.00. The summed E-state index contributed by atoms with van der Waals surface area (Å²) in [5.41, 5.74) is 2.09. The molecule has 0 saturated carbocycles. The van der Waals surface area contributed by atoms with Gasteiger partial charge in [0, 0.05) is 13.4 Å². The summed E-state index contributed by atoms with van der Waals surface area (Å²) in [5, 5.41) is 3.35. The van der Waals surface area contributed by atoms with Gasteiger partial charge < -0.3 is 10.3 Å². The number of nitrogens with zero attached hydrogens (tertiary/aromatic N) is 1. The molecule has 6 heteroatoms. The lowest BCUT2D eigenvalue weighted by Gasteiger charge is -2.10. The summed E-state index contributed by atoms with van der Waals surface area (Å²) in [5.74, 6) is 0.927. The highest BCUT2D eigenvalue weighted by atomic mass is 79.9. The van der Waals surface area contributed by atoms with Gasteiger partial charge in [0.25, 0.3) is 0 Å².